The summed E-state index contributed by atoms with van der Waals surface area (Å²) in [6.45, 7) is 2.01. The molecule has 0 spiro atoms. The fourth-order valence-electron chi connectivity index (χ4n) is 1.44. The van der Waals surface area contributed by atoms with Crippen LogP contribution in [0.5, 0.6) is 0 Å². The van der Waals surface area contributed by atoms with Crippen molar-refractivity contribution < 1.29 is 9.18 Å². The molecule has 1 amide bonds. The molecule has 2 nitrogen and oxygen atoms in total. The van der Waals surface area contributed by atoms with Crippen molar-refractivity contribution in [3.8, 4) is 0 Å². The van der Waals surface area contributed by atoms with E-state index in [0.717, 1.165) is 18.2 Å². The van der Waals surface area contributed by atoms with Crippen LogP contribution in [0, 0.1) is 5.82 Å². The molecule has 0 bridgehead atoms. The molecule has 17 heavy (non-hydrogen) atoms. The van der Waals surface area contributed by atoms with Crippen LogP contribution < -0.4 is 5.32 Å². The Balaban J connectivity index is 2.78. The Morgan fingerprint density at radius 3 is 2.82 bits per heavy atom. The molecule has 1 aromatic rings. The molecule has 0 saturated carbocycles. The molecule has 0 saturated heterocycles. The summed E-state index contributed by atoms with van der Waals surface area (Å²) in [6, 6.07) is 4.20. The van der Waals surface area contributed by atoms with Gasteiger partial charge in [-0.3, -0.25) is 4.79 Å². The van der Waals surface area contributed by atoms with Gasteiger partial charge in [0.15, 0.2) is 0 Å². The van der Waals surface area contributed by atoms with Crippen molar-refractivity contribution in [1.82, 2.24) is 5.32 Å². The minimum Gasteiger partial charge on any atom is -0.349 e. The molecule has 0 aliphatic heterocycles. The lowest BCUT2D eigenvalue weighted by Gasteiger charge is -2.16. The highest BCUT2D eigenvalue weighted by atomic mass is 79.9. The number of hydrogen-bond donors (Lipinski definition) is 1. The zero-order valence-electron chi connectivity index (χ0n) is 9.47. The topological polar surface area (TPSA) is 29.1 Å². The molecule has 0 radical (unpaired) electrons. The first kappa shape index (κ1) is 14.6. The number of hydrogen-bond acceptors (Lipinski definition) is 1. The van der Waals surface area contributed by atoms with E-state index in [4.69, 9.17) is 0 Å². The number of carbonyl (C=O) groups is 1. The third-order valence-corrected chi connectivity index (χ3v) is 3.61. The van der Waals surface area contributed by atoms with Gasteiger partial charge < -0.3 is 5.32 Å². The maximum Gasteiger partial charge on any atom is 0.252 e. The average molecular weight is 367 g/mol. The molecule has 0 aliphatic carbocycles. The van der Waals surface area contributed by atoms with Crippen LogP contribution in [0.1, 0.15) is 30.1 Å². The highest BCUT2D eigenvalue weighted by Crippen LogP contribution is 2.18. The van der Waals surface area contributed by atoms with Gasteiger partial charge in [0, 0.05) is 15.8 Å². The number of nitrogens with one attached hydrogen (secondary N) is 1. The van der Waals surface area contributed by atoms with Gasteiger partial charge in [0.05, 0.1) is 5.56 Å². The van der Waals surface area contributed by atoms with E-state index in [2.05, 4.69) is 37.2 Å². The van der Waals surface area contributed by atoms with Crippen LogP contribution >= 0.6 is 31.9 Å². The number of benzene rings is 1. The lowest BCUT2D eigenvalue weighted by molar-refractivity contribution is 0.0934. The third-order valence-electron chi connectivity index (χ3n) is 2.46. The molecule has 1 rings (SSSR count). The summed E-state index contributed by atoms with van der Waals surface area (Å²) in [6.07, 6.45) is 1.71. The fraction of sp³-hybridized carbons (Fsp3) is 0.417. The molecule has 1 N–H and O–H groups in total. The molecule has 0 aliphatic rings. The van der Waals surface area contributed by atoms with Crippen LogP contribution in [-0.4, -0.2) is 17.3 Å². The molecule has 94 valence electrons. The van der Waals surface area contributed by atoms with Gasteiger partial charge in [-0.05, 0) is 47.0 Å². The summed E-state index contributed by atoms with van der Waals surface area (Å²) >= 11 is 6.59. The predicted octanol–water partition coefficient (Wildman–Crippen LogP) is 3.88. The van der Waals surface area contributed by atoms with Crippen molar-refractivity contribution in [2.45, 2.75) is 25.8 Å². The van der Waals surface area contributed by atoms with Gasteiger partial charge >= 0.3 is 0 Å². The summed E-state index contributed by atoms with van der Waals surface area (Å²) in [4.78, 5) is 11.9. The Bertz CT molecular complexity index is 398. The smallest absolute Gasteiger partial charge is 0.252 e. The number of amides is 1. The third kappa shape index (κ3) is 4.39. The number of halogens is 3. The first-order valence-corrected chi connectivity index (χ1v) is 7.31. The minimum atomic E-state index is -0.410. The first-order chi connectivity index (χ1) is 8.08. The summed E-state index contributed by atoms with van der Waals surface area (Å²) in [5.74, 6) is -0.656. The van der Waals surface area contributed by atoms with Gasteiger partial charge in [0.1, 0.15) is 5.82 Å². The SMILES string of the molecule is CCC(CCBr)NC(=O)c1cc(F)ccc1Br. The number of alkyl halides is 1. The van der Waals surface area contributed by atoms with E-state index >= 15 is 0 Å². The highest BCUT2D eigenvalue weighted by Gasteiger charge is 2.14. The fourth-order valence-corrected chi connectivity index (χ4v) is 2.42. The Morgan fingerprint density at radius 2 is 2.24 bits per heavy atom. The van der Waals surface area contributed by atoms with Gasteiger partial charge in [-0.1, -0.05) is 22.9 Å². The standard InChI is InChI=1S/C12H14Br2FNO/c1-2-9(5-6-13)16-12(17)10-7-8(15)3-4-11(10)14/h3-4,7,9H,2,5-6H2,1H3,(H,16,17). The Morgan fingerprint density at radius 1 is 1.53 bits per heavy atom. The van der Waals surface area contributed by atoms with Crippen LogP contribution in [0.4, 0.5) is 4.39 Å². The maximum atomic E-state index is 13.1. The summed E-state index contributed by atoms with van der Waals surface area (Å²) < 4.78 is 13.7. The van der Waals surface area contributed by atoms with E-state index in [9.17, 15) is 9.18 Å². The molecular formula is C12H14Br2FNO. The second-order valence-electron chi connectivity index (χ2n) is 3.68. The van der Waals surface area contributed by atoms with Gasteiger partial charge in [0.25, 0.3) is 5.91 Å². The monoisotopic (exact) mass is 365 g/mol. The molecule has 1 unspecified atom stereocenters. The van der Waals surface area contributed by atoms with Crippen LogP contribution in [-0.2, 0) is 0 Å². The molecule has 1 atom stereocenters. The minimum absolute atomic E-state index is 0.108. The molecular weight excluding hydrogens is 353 g/mol. The van der Waals surface area contributed by atoms with Crippen molar-refractivity contribution in [2.75, 3.05) is 5.33 Å². The van der Waals surface area contributed by atoms with Crippen LogP contribution in [0.2, 0.25) is 0 Å². The summed E-state index contributed by atoms with van der Waals surface area (Å²) in [5.41, 5.74) is 0.332. The Kier molecular flexibility index (Phi) is 6.12. The second kappa shape index (κ2) is 7.11. The zero-order chi connectivity index (χ0) is 12.8. The zero-order valence-corrected chi connectivity index (χ0v) is 12.6. The molecule has 0 heterocycles. The highest BCUT2D eigenvalue weighted by molar-refractivity contribution is 9.10. The van der Waals surface area contributed by atoms with E-state index in [1.165, 1.54) is 18.2 Å². The van der Waals surface area contributed by atoms with Crippen molar-refractivity contribution >= 4 is 37.8 Å². The molecule has 0 aromatic heterocycles. The van der Waals surface area contributed by atoms with E-state index in [0.29, 0.717) is 10.0 Å². The number of rotatable bonds is 5. The van der Waals surface area contributed by atoms with E-state index in [-0.39, 0.29) is 11.9 Å². The molecule has 5 heteroatoms. The van der Waals surface area contributed by atoms with Crippen molar-refractivity contribution in [2.24, 2.45) is 0 Å². The van der Waals surface area contributed by atoms with Gasteiger partial charge in [-0.25, -0.2) is 4.39 Å². The average Bonchev–Trinajstić information content (AvgIpc) is 2.31. The van der Waals surface area contributed by atoms with Crippen LogP contribution in [0.3, 0.4) is 0 Å². The van der Waals surface area contributed by atoms with E-state index in [1.807, 2.05) is 6.92 Å². The lowest BCUT2D eigenvalue weighted by atomic mass is 10.1. The van der Waals surface area contributed by atoms with E-state index in [1.54, 1.807) is 0 Å². The van der Waals surface area contributed by atoms with Crippen molar-refractivity contribution in [3.63, 3.8) is 0 Å². The normalized spacial score (nSPS) is 12.2. The van der Waals surface area contributed by atoms with Gasteiger partial charge in [0.2, 0.25) is 0 Å². The maximum absolute atomic E-state index is 13.1. The van der Waals surface area contributed by atoms with E-state index < -0.39 is 5.82 Å². The van der Waals surface area contributed by atoms with Gasteiger partial charge in [-0.15, -0.1) is 0 Å². The summed E-state index contributed by atoms with van der Waals surface area (Å²) in [7, 11) is 0. The largest absolute Gasteiger partial charge is 0.349 e. The lowest BCUT2D eigenvalue weighted by Crippen LogP contribution is -2.34. The summed E-state index contributed by atoms with van der Waals surface area (Å²) in [5, 5.41) is 3.72. The Hall–Kier alpha value is -0.420. The Labute approximate surface area is 117 Å². The quantitative estimate of drug-likeness (QED) is 0.787. The second-order valence-corrected chi connectivity index (χ2v) is 5.33. The van der Waals surface area contributed by atoms with Crippen molar-refractivity contribution in [1.29, 1.82) is 0 Å². The van der Waals surface area contributed by atoms with Crippen LogP contribution in [0.15, 0.2) is 22.7 Å². The molecule has 0 fully saturated rings. The van der Waals surface area contributed by atoms with Gasteiger partial charge in [-0.2, -0.15) is 0 Å². The first-order valence-electron chi connectivity index (χ1n) is 5.40. The molecule has 1 aromatic carbocycles. The van der Waals surface area contributed by atoms with Crippen LogP contribution in [0.25, 0.3) is 0 Å². The predicted molar refractivity (Wildman–Crippen MR) is 74.1 cm³/mol. The van der Waals surface area contributed by atoms with Crippen molar-refractivity contribution in [3.05, 3.63) is 34.1 Å². The number of carbonyl (C=O) groups excluding carboxylic acids is 1.